The van der Waals surface area contributed by atoms with Gasteiger partial charge < -0.3 is 16.4 Å². The first-order chi connectivity index (χ1) is 11.4. The fourth-order valence-electron chi connectivity index (χ4n) is 2.34. The molecule has 1 aromatic carbocycles. The van der Waals surface area contributed by atoms with Gasteiger partial charge >= 0.3 is 6.03 Å². The van der Waals surface area contributed by atoms with Crippen LogP contribution in [0.25, 0.3) is 0 Å². The molecule has 4 heteroatoms. The van der Waals surface area contributed by atoms with E-state index in [4.69, 9.17) is 5.73 Å². The van der Waals surface area contributed by atoms with Crippen LogP contribution in [0, 0.1) is 0 Å². The van der Waals surface area contributed by atoms with Crippen LogP contribution in [0.15, 0.2) is 53.3 Å². The molecule has 0 fully saturated rings. The van der Waals surface area contributed by atoms with Crippen molar-refractivity contribution >= 4 is 11.7 Å². The molecule has 24 heavy (non-hydrogen) atoms. The number of nitrogens with one attached hydrogen (secondary N) is 2. The highest BCUT2D eigenvalue weighted by atomic mass is 16.2. The van der Waals surface area contributed by atoms with Crippen LogP contribution in [0.1, 0.15) is 54.9 Å². The number of anilines is 1. The van der Waals surface area contributed by atoms with Crippen LogP contribution < -0.4 is 16.4 Å². The SMILES string of the molecule is CC.CC.CC1=C(C)CC(C)(NC(=O)Nc2ccccc2)C(N)=C1. The highest BCUT2D eigenvalue weighted by Crippen LogP contribution is 2.29. The van der Waals surface area contributed by atoms with E-state index in [9.17, 15) is 4.79 Å². The molecule has 0 spiro atoms. The molecule has 0 saturated carbocycles. The zero-order valence-electron chi connectivity index (χ0n) is 16.2. The topological polar surface area (TPSA) is 67.2 Å². The van der Waals surface area contributed by atoms with Crippen molar-refractivity contribution in [1.82, 2.24) is 5.32 Å². The maximum atomic E-state index is 12.1. The Balaban J connectivity index is 0.00000123. The van der Waals surface area contributed by atoms with Gasteiger partial charge in [-0.1, -0.05) is 57.0 Å². The molecule has 0 saturated heterocycles. The normalized spacial score (nSPS) is 19.0. The third-order valence-corrected chi connectivity index (χ3v) is 3.72. The third kappa shape index (κ3) is 6.11. The van der Waals surface area contributed by atoms with E-state index < -0.39 is 5.54 Å². The number of carbonyl (C=O) groups is 1. The molecule has 4 nitrogen and oxygen atoms in total. The van der Waals surface area contributed by atoms with Gasteiger partial charge in [0.2, 0.25) is 0 Å². The van der Waals surface area contributed by atoms with Crippen molar-refractivity contribution in [3.8, 4) is 0 Å². The summed E-state index contributed by atoms with van der Waals surface area (Å²) in [5.41, 5.74) is 9.41. The summed E-state index contributed by atoms with van der Waals surface area (Å²) >= 11 is 0. The molecule has 0 aromatic heterocycles. The summed E-state index contributed by atoms with van der Waals surface area (Å²) in [6.07, 6.45) is 2.66. The Morgan fingerprint density at radius 3 is 2.17 bits per heavy atom. The zero-order valence-corrected chi connectivity index (χ0v) is 16.2. The lowest BCUT2D eigenvalue weighted by molar-refractivity contribution is 0.242. The van der Waals surface area contributed by atoms with Gasteiger partial charge in [-0.25, -0.2) is 4.79 Å². The van der Waals surface area contributed by atoms with Gasteiger partial charge in [0.1, 0.15) is 0 Å². The van der Waals surface area contributed by atoms with E-state index in [1.165, 1.54) is 11.1 Å². The first-order valence-electron chi connectivity index (χ1n) is 8.69. The Morgan fingerprint density at radius 2 is 1.62 bits per heavy atom. The van der Waals surface area contributed by atoms with Crippen molar-refractivity contribution in [3.63, 3.8) is 0 Å². The smallest absolute Gasteiger partial charge is 0.319 e. The predicted molar refractivity (Wildman–Crippen MR) is 105 cm³/mol. The number of para-hydroxylation sites is 1. The second kappa shape index (κ2) is 10.5. The van der Waals surface area contributed by atoms with E-state index in [1.807, 2.05) is 78.0 Å². The number of hydrogen-bond acceptors (Lipinski definition) is 2. The van der Waals surface area contributed by atoms with E-state index in [0.29, 0.717) is 5.70 Å². The van der Waals surface area contributed by atoms with Gasteiger partial charge in [-0.3, -0.25) is 0 Å². The molecule has 0 aliphatic heterocycles. The molecule has 4 N–H and O–H groups in total. The van der Waals surface area contributed by atoms with E-state index in [2.05, 4.69) is 17.6 Å². The van der Waals surface area contributed by atoms with E-state index in [1.54, 1.807) is 0 Å². The van der Waals surface area contributed by atoms with Crippen LogP contribution in [-0.2, 0) is 0 Å². The number of hydrogen-bond donors (Lipinski definition) is 3. The maximum Gasteiger partial charge on any atom is 0.319 e. The fraction of sp³-hybridized carbons (Fsp3) is 0.450. The summed E-state index contributed by atoms with van der Waals surface area (Å²) in [6.45, 7) is 14.0. The van der Waals surface area contributed by atoms with Crippen LogP contribution in [0.2, 0.25) is 0 Å². The first-order valence-corrected chi connectivity index (χ1v) is 8.69. The summed E-state index contributed by atoms with van der Waals surface area (Å²) < 4.78 is 0. The monoisotopic (exact) mass is 331 g/mol. The van der Waals surface area contributed by atoms with Crippen LogP contribution in [0.3, 0.4) is 0 Å². The summed E-state index contributed by atoms with van der Waals surface area (Å²) in [6, 6.07) is 9.10. The number of nitrogens with two attached hydrogens (primary N) is 1. The van der Waals surface area contributed by atoms with Crippen LogP contribution in [0.4, 0.5) is 10.5 Å². The summed E-state index contributed by atoms with van der Waals surface area (Å²) in [5.74, 6) is 0. The second-order valence-electron chi connectivity index (χ2n) is 5.52. The Bertz CT molecular complexity index is 576. The molecule has 1 aromatic rings. The largest absolute Gasteiger partial charge is 0.400 e. The minimum Gasteiger partial charge on any atom is -0.400 e. The van der Waals surface area contributed by atoms with Gasteiger partial charge in [-0.2, -0.15) is 0 Å². The molecule has 1 unspecified atom stereocenters. The number of rotatable bonds is 2. The van der Waals surface area contributed by atoms with Crippen molar-refractivity contribution in [2.75, 3.05) is 5.32 Å². The Hall–Kier alpha value is -2.23. The first kappa shape index (κ1) is 21.8. The molecule has 2 amide bonds. The van der Waals surface area contributed by atoms with E-state index in [0.717, 1.165) is 12.1 Å². The second-order valence-corrected chi connectivity index (χ2v) is 5.52. The minimum atomic E-state index is -0.539. The van der Waals surface area contributed by atoms with E-state index in [-0.39, 0.29) is 6.03 Å². The van der Waals surface area contributed by atoms with Crippen molar-refractivity contribution in [2.45, 2.75) is 60.4 Å². The molecule has 134 valence electrons. The average Bonchev–Trinajstić information content (AvgIpc) is 2.57. The average molecular weight is 332 g/mol. The molecule has 1 atom stereocenters. The summed E-state index contributed by atoms with van der Waals surface area (Å²) in [4.78, 5) is 12.1. The molecular weight excluding hydrogens is 298 g/mol. The Labute approximate surface area is 147 Å². The molecule has 2 rings (SSSR count). The molecule has 1 aliphatic rings. The van der Waals surface area contributed by atoms with Gasteiger partial charge in [0.05, 0.1) is 5.54 Å². The Morgan fingerprint density at radius 1 is 1.08 bits per heavy atom. The van der Waals surface area contributed by atoms with Crippen LogP contribution in [0.5, 0.6) is 0 Å². The quantitative estimate of drug-likeness (QED) is 0.697. The maximum absolute atomic E-state index is 12.1. The fourth-order valence-corrected chi connectivity index (χ4v) is 2.34. The molecular formula is C20H33N3O. The van der Waals surface area contributed by atoms with Gasteiger partial charge in [0.15, 0.2) is 0 Å². The molecule has 0 radical (unpaired) electrons. The third-order valence-electron chi connectivity index (χ3n) is 3.72. The highest BCUT2D eigenvalue weighted by molar-refractivity contribution is 5.90. The van der Waals surface area contributed by atoms with Crippen LogP contribution >= 0.6 is 0 Å². The summed E-state index contributed by atoms with van der Waals surface area (Å²) in [7, 11) is 0. The molecule has 0 bridgehead atoms. The van der Waals surface area contributed by atoms with Gasteiger partial charge in [-0.15, -0.1) is 0 Å². The number of urea groups is 1. The lowest BCUT2D eigenvalue weighted by Crippen LogP contribution is -2.52. The number of carbonyl (C=O) groups excluding carboxylic acids is 1. The number of allylic oxidation sites excluding steroid dienone is 2. The van der Waals surface area contributed by atoms with Gasteiger partial charge in [0, 0.05) is 11.4 Å². The standard InChI is InChI=1S/C16H21N3O.2C2H6/c1-11-9-14(17)16(3,10-12(11)2)19-15(20)18-13-7-5-4-6-8-13;2*1-2/h4-9H,10,17H2,1-3H3,(H2,18,19,20);2*1-2H3. The molecule has 0 heterocycles. The molecule has 1 aliphatic carbocycles. The zero-order chi connectivity index (χ0) is 18.8. The Kier molecular flexibility index (Phi) is 9.55. The van der Waals surface area contributed by atoms with Crippen molar-refractivity contribution in [1.29, 1.82) is 0 Å². The lowest BCUT2D eigenvalue weighted by Gasteiger charge is -2.35. The minimum absolute atomic E-state index is 0.248. The van der Waals surface area contributed by atoms with Gasteiger partial charge in [-0.05, 0) is 45.4 Å². The number of benzene rings is 1. The van der Waals surface area contributed by atoms with Crippen molar-refractivity contribution < 1.29 is 4.79 Å². The summed E-state index contributed by atoms with van der Waals surface area (Å²) in [5, 5.41) is 5.78. The van der Waals surface area contributed by atoms with E-state index >= 15 is 0 Å². The number of amides is 2. The van der Waals surface area contributed by atoms with Crippen molar-refractivity contribution in [3.05, 3.63) is 53.3 Å². The lowest BCUT2D eigenvalue weighted by atomic mass is 9.83. The van der Waals surface area contributed by atoms with Crippen molar-refractivity contribution in [2.24, 2.45) is 5.73 Å². The van der Waals surface area contributed by atoms with Gasteiger partial charge in [0.25, 0.3) is 0 Å². The van der Waals surface area contributed by atoms with Crippen LogP contribution in [-0.4, -0.2) is 11.6 Å². The predicted octanol–water partition coefficient (Wildman–Crippen LogP) is 5.20. The highest BCUT2D eigenvalue weighted by Gasteiger charge is 2.32.